The molecule has 26 heavy (non-hydrogen) atoms. The molecule has 0 N–H and O–H groups in total. The van der Waals surface area contributed by atoms with Gasteiger partial charge in [-0.05, 0) is 42.3 Å². The lowest BCUT2D eigenvalue weighted by atomic mass is 10.1. The number of hydrogen-bond acceptors (Lipinski definition) is 5. The number of sulfonamides is 1. The molecule has 138 valence electrons. The van der Waals surface area contributed by atoms with Crippen LogP contribution < -0.4 is 0 Å². The standard InChI is InChI=1S/C18H21N3O4S/c1-2-25-18(22)20-11-13-21(14-12-20)26(23,24)17-5-3-15(4-6-17)16-7-9-19-10-8-16/h3-10H,2,11-14H2,1H3. The first kappa shape index (κ1) is 18.3. The molecule has 1 aliphatic heterocycles. The molecule has 1 fully saturated rings. The Kier molecular flexibility index (Phi) is 5.53. The fourth-order valence-corrected chi connectivity index (χ4v) is 4.26. The smallest absolute Gasteiger partial charge is 0.409 e. The molecule has 0 saturated carbocycles. The van der Waals surface area contributed by atoms with E-state index in [1.165, 1.54) is 9.21 Å². The number of benzene rings is 1. The zero-order chi connectivity index (χ0) is 18.6. The highest BCUT2D eigenvalue weighted by Crippen LogP contribution is 2.23. The van der Waals surface area contributed by atoms with Gasteiger partial charge in [-0.1, -0.05) is 12.1 Å². The summed E-state index contributed by atoms with van der Waals surface area (Å²) < 4.78 is 32.0. The number of nitrogens with zero attached hydrogens (tertiary/aromatic N) is 3. The van der Waals surface area contributed by atoms with Gasteiger partial charge in [0.25, 0.3) is 0 Å². The molecule has 1 saturated heterocycles. The Morgan fingerprint density at radius 3 is 2.15 bits per heavy atom. The van der Waals surface area contributed by atoms with Crippen LogP contribution in [0.5, 0.6) is 0 Å². The van der Waals surface area contributed by atoms with Gasteiger partial charge in [0.05, 0.1) is 11.5 Å². The van der Waals surface area contributed by atoms with Crippen LogP contribution in [-0.2, 0) is 14.8 Å². The Bertz CT molecular complexity index is 846. The Labute approximate surface area is 153 Å². The second-order valence-corrected chi connectivity index (χ2v) is 7.79. The summed E-state index contributed by atoms with van der Waals surface area (Å²) in [5.41, 5.74) is 1.91. The summed E-state index contributed by atoms with van der Waals surface area (Å²) in [7, 11) is -3.58. The van der Waals surface area contributed by atoms with Crippen LogP contribution >= 0.6 is 0 Å². The molecule has 0 unspecified atom stereocenters. The van der Waals surface area contributed by atoms with Crippen LogP contribution in [0.15, 0.2) is 53.7 Å². The topological polar surface area (TPSA) is 79.8 Å². The summed E-state index contributed by atoms with van der Waals surface area (Å²) >= 11 is 0. The van der Waals surface area contributed by atoms with E-state index >= 15 is 0 Å². The normalized spacial score (nSPS) is 15.7. The summed E-state index contributed by atoms with van der Waals surface area (Å²) in [5, 5.41) is 0. The van der Waals surface area contributed by atoms with E-state index in [1.54, 1.807) is 43.6 Å². The number of amides is 1. The van der Waals surface area contributed by atoms with E-state index in [1.807, 2.05) is 12.1 Å². The zero-order valence-electron chi connectivity index (χ0n) is 14.5. The molecule has 1 aromatic carbocycles. The average Bonchev–Trinajstić information content (AvgIpc) is 2.69. The lowest BCUT2D eigenvalue weighted by Crippen LogP contribution is -2.50. The van der Waals surface area contributed by atoms with Crippen LogP contribution in [0.4, 0.5) is 4.79 Å². The molecule has 2 heterocycles. The van der Waals surface area contributed by atoms with Gasteiger partial charge in [-0.3, -0.25) is 4.98 Å². The largest absolute Gasteiger partial charge is 0.450 e. The number of hydrogen-bond donors (Lipinski definition) is 0. The number of rotatable bonds is 4. The summed E-state index contributed by atoms with van der Waals surface area (Å²) in [6.07, 6.45) is 3.00. The van der Waals surface area contributed by atoms with Gasteiger partial charge in [-0.25, -0.2) is 13.2 Å². The molecule has 0 atom stereocenters. The van der Waals surface area contributed by atoms with Gasteiger partial charge in [-0.15, -0.1) is 0 Å². The maximum atomic E-state index is 12.8. The highest BCUT2D eigenvalue weighted by Gasteiger charge is 2.30. The molecule has 3 rings (SSSR count). The van der Waals surface area contributed by atoms with Crippen molar-refractivity contribution < 1.29 is 17.9 Å². The Morgan fingerprint density at radius 1 is 1.00 bits per heavy atom. The van der Waals surface area contributed by atoms with Crippen molar-refractivity contribution in [3.05, 3.63) is 48.8 Å². The van der Waals surface area contributed by atoms with Gasteiger partial charge in [0.15, 0.2) is 0 Å². The number of pyridine rings is 1. The second-order valence-electron chi connectivity index (χ2n) is 5.85. The highest BCUT2D eigenvalue weighted by molar-refractivity contribution is 7.89. The van der Waals surface area contributed by atoms with E-state index in [-0.39, 0.29) is 18.0 Å². The lowest BCUT2D eigenvalue weighted by molar-refractivity contribution is 0.0934. The van der Waals surface area contributed by atoms with Crippen LogP contribution in [0, 0.1) is 0 Å². The molecule has 0 radical (unpaired) electrons. The molecule has 8 heteroatoms. The first-order valence-corrected chi connectivity index (χ1v) is 9.88. The molecule has 7 nitrogen and oxygen atoms in total. The molecule has 0 bridgehead atoms. The minimum atomic E-state index is -3.58. The zero-order valence-corrected chi connectivity index (χ0v) is 15.4. The van der Waals surface area contributed by atoms with Crippen LogP contribution in [-0.4, -0.2) is 61.5 Å². The average molecular weight is 375 g/mol. The van der Waals surface area contributed by atoms with Crippen molar-refractivity contribution in [2.45, 2.75) is 11.8 Å². The minimum absolute atomic E-state index is 0.250. The van der Waals surface area contributed by atoms with Crippen molar-refractivity contribution in [3.8, 4) is 11.1 Å². The van der Waals surface area contributed by atoms with E-state index in [0.29, 0.717) is 19.7 Å². The van der Waals surface area contributed by atoms with Gasteiger partial charge in [0.2, 0.25) is 10.0 Å². The van der Waals surface area contributed by atoms with Crippen molar-refractivity contribution in [3.63, 3.8) is 0 Å². The van der Waals surface area contributed by atoms with Gasteiger partial charge < -0.3 is 9.64 Å². The Morgan fingerprint density at radius 2 is 1.58 bits per heavy atom. The molecule has 1 aromatic heterocycles. The quantitative estimate of drug-likeness (QED) is 0.819. The van der Waals surface area contributed by atoms with Gasteiger partial charge >= 0.3 is 6.09 Å². The third-order valence-electron chi connectivity index (χ3n) is 4.27. The summed E-state index contributed by atoms with van der Waals surface area (Å²) in [6, 6.07) is 10.6. The number of aromatic nitrogens is 1. The Hall–Kier alpha value is -2.45. The van der Waals surface area contributed by atoms with E-state index in [2.05, 4.69) is 4.98 Å². The van der Waals surface area contributed by atoms with Crippen molar-refractivity contribution in [1.29, 1.82) is 0 Å². The predicted molar refractivity (Wildman–Crippen MR) is 97.0 cm³/mol. The fourth-order valence-electron chi connectivity index (χ4n) is 2.84. The molecular formula is C18H21N3O4S. The van der Waals surface area contributed by atoms with Crippen molar-refractivity contribution >= 4 is 16.1 Å². The summed E-state index contributed by atoms with van der Waals surface area (Å²) in [6.45, 7) is 3.22. The van der Waals surface area contributed by atoms with Crippen molar-refractivity contribution in [2.75, 3.05) is 32.8 Å². The molecule has 1 amide bonds. The molecule has 1 aliphatic rings. The monoisotopic (exact) mass is 375 g/mol. The van der Waals surface area contributed by atoms with Gasteiger partial charge in [0, 0.05) is 38.6 Å². The number of carbonyl (C=O) groups excluding carboxylic acids is 1. The SMILES string of the molecule is CCOC(=O)N1CCN(S(=O)(=O)c2ccc(-c3ccncc3)cc2)CC1. The number of ether oxygens (including phenoxy) is 1. The van der Waals surface area contributed by atoms with Crippen LogP contribution in [0.3, 0.4) is 0 Å². The number of carbonyl (C=O) groups is 1. The van der Waals surface area contributed by atoms with E-state index < -0.39 is 16.1 Å². The third kappa shape index (κ3) is 3.86. The summed E-state index contributed by atoms with van der Waals surface area (Å²) in [5.74, 6) is 0. The van der Waals surface area contributed by atoms with Gasteiger partial charge in [-0.2, -0.15) is 4.31 Å². The second kappa shape index (κ2) is 7.84. The van der Waals surface area contributed by atoms with E-state index in [4.69, 9.17) is 4.74 Å². The highest BCUT2D eigenvalue weighted by atomic mass is 32.2. The summed E-state index contributed by atoms with van der Waals surface area (Å²) in [4.78, 5) is 17.5. The maximum Gasteiger partial charge on any atom is 0.409 e. The lowest BCUT2D eigenvalue weighted by Gasteiger charge is -2.33. The predicted octanol–water partition coefficient (Wildman–Crippen LogP) is 2.21. The van der Waals surface area contributed by atoms with E-state index in [9.17, 15) is 13.2 Å². The Balaban J connectivity index is 1.70. The molecular weight excluding hydrogens is 354 g/mol. The van der Waals surface area contributed by atoms with Crippen LogP contribution in [0.1, 0.15) is 6.92 Å². The maximum absolute atomic E-state index is 12.8. The third-order valence-corrected chi connectivity index (χ3v) is 6.18. The van der Waals surface area contributed by atoms with E-state index in [0.717, 1.165) is 11.1 Å². The van der Waals surface area contributed by atoms with Crippen LogP contribution in [0.25, 0.3) is 11.1 Å². The molecule has 0 spiro atoms. The first-order valence-electron chi connectivity index (χ1n) is 8.44. The number of piperazine rings is 1. The van der Waals surface area contributed by atoms with Crippen LogP contribution in [0.2, 0.25) is 0 Å². The fraction of sp³-hybridized carbons (Fsp3) is 0.333. The molecule has 2 aromatic rings. The van der Waals surface area contributed by atoms with Gasteiger partial charge in [0.1, 0.15) is 0 Å². The first-order chi connectivity index (χ1) is 12.5. The minimum Gasteiger partial charge on any atom is -0.450 e. The van der Waals surface area contributed by atoms with Crippen molar-refractivity contribution in [1.82, 2.24) is 14.2 Å². The van der Waals surface area contributed by atoms with Crippen molar-refractivity contribution in [2.24, 2.45) is 0 Å². The molecule has 0 aliphatic carbocycles.